The molecule has 0 radical (unpaired) electrons. The third-order valence-corrected chi connectivity index (χ3v) is 3.88. The van der Waals surface area contributed by atoms with E-state index in [1.807, 2.05) is 0 Å². The molecule has 0 aliphatic rings. The van der Waals surface area contributed by atoms with Crippen LogP contribution in [0.1, 0.15) is 20.8 Å². The predicted molar refractivity (Wildman–Crippen MR) is 87.4 cm³/mol. The summed E-state index contributed by atoms with van der Waals surface area (Å²) in [6, 6.07) is 2.82. The minimum atomic E-state index is -3.73. The number of hydrogen-bond donors (Lipinski definition) is 1. The van der Waals surface area contributed by atoms with Gasteiger partial charge in [0.2, 0.25) is 0 Å². The zero-order chi connectivity index (χ0) is 19.6. The molecule has 0 aromatic heterocycles. The van der Waals surface area contributed by atoms with Crippen molar-refractivity contribution in [1.29, 1.82) is 0 Å². The third-order valence-electron chi connectivity index (χ3n) is 2.77. The number of amides is 1. The molecule has 0 atom stereocenters. The van der Waals surface area contributed by atoms with Gasteiger partial charge in [0, 0.05) is 12.3 Å². The molecular weight excluding hydrogens is 356 g/mol. The number of nitro benzene ring substituents is 1. The molecule has 10 nitrogen and oxygen atoms in total. The Morgan fingerprint density at radius 1 is 1.32 bits per heavy atom. The van der Waals surface area contributed by atoms with Gasteiger partial charge in [-0.3, -0.25) is 19.8 Å². The Kier molecular flexibility index (Phi) is 5.74. The SMILES string of the molecule is CC(C)(C)OC(=O)N(CC(=O)O)c1ccc(S(C)(=O)=O)cc1[N+](=O)[O-]. The van der Waals surface area contributed by atoms with Gasteiger partial charge in [-0.25, -0.2) is 13.2 Å². The number of nitrogens with zero attached hydrogens (tertiary/aromatic N) is 2. The Morgan fingerprint density at radius 3 is 2.28 bits per heavy atom. The first-order valence-corrected chi connectivity index (χ1v) is 8.82. The molecule has 1 rings (SSSR count). The van der Waals surface area contributed by atoms with Gasteiger partial charge in [-0.15, -0.1) is 0 Å². The number of aliphatic carboxylic acids is 1. The number of benzene rings is 1. The first-order chi connectivity index (χ1) is 11.2. The van der Waals surface area contributed by atoms with E-state index in [0.29, 0.717) is 4.90 Å². The van der Waals surface area contributed by atoms with Crippen LogP contribution < -0.4 is 4.90 Å². The van der Waals surface area contributed by atoms with Crippen LogP contribution in [0.15, 0.2) is 23.1 Å². The number of carbonyl (C=O) groups excluding carboxylic acids is 1. The molecule has 0 heterocycles. The number of anilines is 1. The van der Waals surface area contributed by atoms with E-state index in [0.717, 1.165) is 24.5 Å². The van der Waals surface area contributed by atoms with Gasteiger partial charge in [0.15, 0.2) is 9.84 Å². The maximum atomic E-state index is 12.3. The number of carboxylic acid groups (broad SMARTS) is 1. The fourth-order valence-corrected chi connectivity index (χ4v) is 2.45. The standard InChI is InChI=1S/C14H18N2O8S/c1-14(2,3)24-13(19)15(8-12(17)18)10-6-5-9(25(4,22)23)7-11(10)16(20)21/h5-7H,8H2,1-4H3,(H,17,18). The highest BCUT2D eigenvalue weighted by Crippen LogP contribution is 2.31. The van der Waals surface area contributed by atoms with E-state index in [-0.39, 0.29) is 10.6 Å². The highest BCUT2D eigenvalue weighted by Gasteiger charge is 2.31. The van der Waals surface area contributed by atoms with Gasteiger partial charge in [-0.2, -0.15) is 0 Å². The molecular formula is C14H18N2O8S. The van der Waals surface area contributed by atoms with Crippen molar-refractivity contribution in [3.63, 3.8) is 0 Å². The maximum Gasteiger partial charge on any atom is 0.415 e. The van der Waals surface area contributed by atoms with Crippen LogP contribution in [0.25, 0.3) is 0 Å². The van der Waals surface area contributed by atoms with Gasteiger partial charge in [0.25, 0.3) is 5.69 Å². The van der Waals surface area contributed by atoms with Crippen LogP contribution in [0, 0.1) is 10.1 Å². The smallest absolute Gasteiger partial charge is 0.415 e. The monoisotopic (exact) mass is 374 g/mol. The Bertz CT molecular complexity index is 811. The lowest BCUT2D eigenvalue weighted by molar-refractivity contribution is -0.384. The molecule has 138 valence electrons. The van der Waals surface area contributed by atoms with Gasteiger partial charge in [0.05, 0.1) is 9.82 Å². The van der Waals surface area contributed by atoms with Crippen LogP contribution in [0.4, 0.5) is 16.2 Å². The average Bonchev–Trinajstić information content (AvgIpc) is 2.40. The molecule has 1 aromatic carbocycles. The van der Waals surface area contributed by atoms with E-state index in [2.05, 4.69) is 0 Å². The van der Waals surface area contributed by atoms with Crippen molar-refractivity contribution in [1.82, 2.24) is 0 Å². The Morgan fingerprint density at radius 2 is 1.88 bits per heavy atom. The van der Waals surface area contributed by atoms with Crippen LogP contribution >= 0.6 is 0 Å². The second-order valence-electron chi connectivity index (χ2n) is 6.14. The van der Waals surface area contributed by atoms with Gasteiger partial charge in [-0.1, -0.05) is 0 Å². The van der Waals surface area contributed by atoms with Crippen molar-refractivity contribution in [2.75, 3.05) is 17.7 Å². The van der Waals surface area contributed by atoms with Crippen molar-refractivity contribution in [2.45, 2.75) is 31.3 Å². The summed E-state index contributed by atoms with van der Waals surface area (Å²) in [6.45, 7) is 3.75. The van der Waals surface area contributed by atoms with E-state index < -0.39 is 44.7 Å². The summed E-state index contributed by atoms with van der Waals surface area (Å²) in [7, 11) is -3.73. The highest BCUT2D eigenvalue weighted by atomic mass is 32.2. The second-order valence-corrected chi connectivity index (χ2v) is 8.16. The average molecular weight is 374 g/mol. The van der Waals surface area contributed by atoms with Crippen LogP contribution in [-0.2, 0) is 19.4 Å². The first-order valence-electron chi connectivity index (χ1n) is 6.93. The van der Waals surface area contributed by atoms with Crippen molar-refractivity contribution in [3.05, 3.63) is 28.3 Å². The summed E-state index contributed by atoms with van der Waals surface area (Å²) in [4.78, 5) is 33.9. The van der Waals surface area contributed by atoms with Gasteiger partial charge >= 0.3 is 12.1 Å². The lowest BCUT2D eigenvalue weighted by atomic mass is 10.2. The van der Waals surface area contributed by atoms with Crippen LogP contribution in [0.3, 0.4) is 0 Å². The third kappa shape index (κ3) is 5.71. The summed E-state index contributed by atoms with van der Waals surface area (Å²) < 4.78 is 28.2. The molecule has 0 bridgehead atoms. The van der Waals surface area contributed by atoms with Crippen molar-refractivity contribution in [2.24, 2.45) is 0 Å². The Balaban J connectivity index is 3.50. The van der Waals surface area contributed by atoms with Gasteiger partial charge in [-0.05, 0) is 32.9 Å². The molecule has 0 spiro atoms. The normalized spacial score (nSPS) is 11.7. The zero-order valence-electron chi connectivity index (χ0n) is 14.0. The molecule has 0 unspecified atom stereocenters. The molecule has 0 aliphatic carbocycles. The molecule has 1 N–H and O–H groups in total. The number of hydrogen-bond acceptors (Lipinski definition) is 7. The van der Waals surface area contributed by atoms with Crippen molar-refractivity contribution < 1.29 is 32.8 Å². The molecule has 0 saturated carbocycles. The van der Waals surface area contributed by atoms with E-state index in [4.69, 9.17) is 9.84 Å². The number of carbonyl (C=O) groups is 2. The quantitative estimate of drug-likeness (QED) is 0.607. The number of nitro groups is 1. The summed E-state index contributed by atoms with van der Waals surface area (Å²) in [5, 5.41) is 20.3. The minimum Gasteiger partial charge on any atom is -0.480 e. The minimum absolute atomic E-state index is 0.331. The summed E-state index contributed by atoms with van der Waals surface area (Å²) in [5.41, 5.74) is -2.07. The first kappa shape index (κ1) is 20.4. The highest BCUT2D eigenvalue weighted by molar-refractivity contribution is 7.90. The lowest BCUT2D eigenvalue weighted by Crippen LogP contribution is -2.40. The molecule has 0 saturated heterocycles. The van der Waals surface area contributed by atoms with E-state index in [1.165, 1.54) is 0 Å². The topological polar surface area (TPSA) is 144 Å². The van der Waals surface area contributed by atoms with E-state index in [1.54, 1.807) is 20.8 Å². The predicted octanol–water partition coefficient (Wildman–Crippen LogP) is 1.82. The van der Waals surface area contributed by atoms with Gasteiger partial charge in [0.1, 0.15) is 17.8 Å². The van der Waals surface area contributed by atoms with Crippen LogP contribution in [0.5, 0.6) is 0 Å². The van der Waals surface area contributed by atoms with Crippen LogP contribution in [-0.4, -0.2) is 48.9 Å². The van der Waals surface area contributed by atoms with E-state index in [9.17, 15) is 28.1 Å². The molecule has 25 heavy (non-hydrogen) atoms. The fourth-order valence-electron chi connectivity index (χ4n) is 1.81. The summed E-state index contributed by atoms with van der Waals surface area (Å²) in [5.74, 6) is -1.42. The molecule has 1 amide bonds. The number of rotatable bonds is 5. The Labute approximate surface area is 144 Å². The summed E-state index contributed by atoms with van der Waals surface area (Å²) in [6.07, 6.45) is -0.237. The molecule has 0 aliphatic heterocycles. The molecule has 11 heteroatoms. The largest absolute Gasteiger partial charge is 0.480 e. The maximum absolute atomic E-state index is 12.3. The molecule has 1 aromatic rings. The number of ether oxygens (including phenoxy) is 1. The lowest BCUT2D eigenvalue weighted by Gasteiger charge is -2.26. The Hall–Kier alpha value is -2.69. The molecule has 0 fully saturated rings. The van der Waals surface area contributed by atoms with E-state index >= 15 is 0 Å². The van der Waals surface area contributed by atoms with Gasteiger partial charge < -0.3 is 9.84 Å². The second kappa shape index (κ2) is 7.05. The zero-order valence-corrected chi connectivity index (χ0v) is 14.9. The number of sulfone groups is 1. The number of carboxylic acids is 1. The summed E-state index contributed by atoms with van der Waals surface area (Å²) >= 11 is 0. The van der Waals surface area contributed by atoms with Crippen LogP contribution in [0.2, 0.25) is 0 Å². The fraction of sp³-hybridized carbons (Fsp3) is 0.429. The van der Waals surface area contributed by atoms with Crippen molar-refractivity contribution >= 4 is 33.3 Å². The van der Waals surface area contributed by atoms with Crippen molar-refractivity contribution in [3.8, 4) is 0 Å².